The molecule has 1 unspecified atom stereocenters. The average molecular weight is 255 g/mol. The van der Waals surface area contributed by atoms with Crippen LogP contribution in [0, 0.1) is 0 Å². The minimum absolute atomic E-state index is 0.0268. The second-order valence-corrected chi connectivity index (χ2v) is 4.56. The third-order valence-corrected chi connectivity index (χ3v) is 3.22. The van der Waals surface area contributed by atoms with Crippen LogP contribution in [-0.4, -0.2) is 6.54 Å². The van der Waals surface area contributed by atoms with Crippen LogP contribution in [0.2, 0.25) is 0 Å². The minimum Gasteiger partial charge on any atom is -0.485 e. The van der Waals surface area contributed by atoms with E-state index < -0.39 is 0 Å². The van der Waals surface area contributed by atoms with Gasteiger partial charge >= 0.3 is 0 Å². The highest BCUT2D eigenvalue weighted by molar-refractivity contribution is 5.34. The van der Waals surface area contributed by atoms with E-state index in [4.69, 9.17) is 10.5 Å². The summed E-state index contributed by atoms with van der Waals surface area (Å²) in [5, 5.41) is 0. The normalized spacial score (nSPS) is 12.1. The highest BCUT2D eigenvalue weighted by Crippen LogP contribution is 2.27. The maximum Gasteiger partial charge on any atom is 0.125 e. The van der Waals surface area contributed by atoms with Crippen LogP contribution in [0.4, 0.5) is 0 Å². The molecule has 0 amide bonds. The first kappa shape index (κ1) is 13.6. The molecule has 0 saturated carbocycles. The number of hydrogen-bond donors (Lipinski definition) is 1. The smallest absolute Gasteiger partial charge is 0.125 e. The highest BCUT2D eigenvalue weighted by Gasteiger charge is 2.13. The molecule has 2 N–H and O–H groups in total. The van der Waals surface area contributed by atoms with Crippen molar-refractivity contribution in [3.8, 4) is 5.75 Å². The Hall–Kier alpha value is -1.80. The molecular formula is C17H21NO. The topological polar surface area (TPSA) is 35.2 Å². The van der Waals surface area contributed by atoms with Crippen LogP contribution in [-0.2, 0) is 6.42 Å². The molecule has 0 aliphatic rings. The lowest BCUT2D eigenvalue weighted by atomic mass is 10.1. The van der Waals surface area contributed by atoms with E-state index in [9.17, 15) is 0 Å². The van der Waals surface area contributed by atoms with Crippen LogP contribution < -0.4 is 10.5 Å². The van der Waals surface area contributed by atoms with Crippen LogP contribution in [0.25, 0.3) is 0 Å². The molecule has 19 heavy (non-hydrogen) atoms. The maximum absolute atomic E-state index is 6.18. The van der Waals surface area contributed by atoms with Gasteiger partial charge < -0.3 is 10.5 Å². The maximum atomic E-state index is 6.18. The standard InChI is InChI=1S/C17H21NO/c1-2-14-8-6-7-11-16(14)19-17(12-13-18)15-9-4-3-5-10-15/h3-11,17H,2,12-13,18H2,1H3. The van der Waals surface area contributed by atoms with Crippen molar-refractivity contribution in [2.45, 2.75) is 25.9 Å². The summed E-state index contributed by atoms with van der Waals surface area (Å²) in [7, 11) is 0. The van der Waals surface area contributed by atoms with Gasteiger partial charge in [-0.2, -0.15) is 0 Å². The number of rotatable bonds is 6. The van der Waals surface area contributed by atoms with Crippen molar-refractivity contribution in [3.63, 3.8) is 0 Å². The van der Waals surface area contributed by atoms with Crippen LogP contribution in [0.15, 0.2) is 54.6 Å². The van der Waals surface area contributed by atoms with Crippen molar-refractivity contribution >= 4 is 0 Å². The Labute approximate surface area is 115 Å². The molecule has 2 nitrogen and oxygen atoms in total. The molecule has 2 aromatic rings. The lowest BCUT2D eigenvalue weighted by Gasteiger charge is -2.20. The summed E-state index contributed by atoms with van der Waals surface area (Å²) in [5.41, 5.74) is 8.13. The molecule has 2 aromatic carbocycles. The van der Waals surface area contributed by atoms with Gasteiger partial charge in [-0.25, -0.2) is 0 Å². The first-order chi connectivity index (χ1) is 9.35. The van der Waals surface area contributed by atoms with E-state index in [1.54, 1.807) is 0 Å². The predicted molar refractivity (Wildman–Crippen MR) is 79.3 cm³/mol. The third-order valence-electron chi connectivity index (χ3n) is 3.22. The molecule has 0 fully saturated rings. The molecule has 1 atom stereocenters. The molecule has 0 aliphatic heterocycles. The van der Waals surface area contributed by atoms with Crippen LogP contribution in [0.5, 0.6) is 5.75 Å². The molecule has 0 aromatic heterocycles. The SMILES string of the molecule is CCc1ccccc1OC(CCN)c1ccccc1. The van der Waals surface area contributed by atoms with Gasteiger partial charge in [0.1, 0.15) is 11.9 Å². The summed E-state index contributed by atoms with van der Waals surface area (Å²) in [6.45, 7) is 2.76. The van der Waals surface area contributed by atoms with Gasteiger partial charge in [-0.15, -0.1) is 0 Å². The monoisotopic (exact) mass is 255 g/mol. The molecule has 0 heterocycles. The van der Waals surface area contributed by atoms with Gasteiger partial charge in [-0.05, 0) is 30.2 Å². The Morgan fingerprint density at radius 1 is 1.00 bits per heavy atom. The Kier molecular flexibility index (Phi) is 4.99. The second kappa shape index (κ2) is 6.95. The number of nitrogens with two attached hydrogens (primary N) is 1. The zero-order valence-corrected chi connectivity index (χ0v) is 11.4. The molecule has 2 rings (SSSR count). The molecule has 2 heteroatoms. The zero-order valence-electron chi connectivity index (χ0n) is 11.4. The molecule has 0 spiro atoms. The number of para-hydroxylation sites is 1. The van der Waals surface area contributed by atoms with E-state index in [0.717, 1.165) is 18.6 Å². The summed E-state index contributed by atoms with van der Waals surface area (Å²) in [6, 6.07) is 18.5. The summed E-state index contributed by atoms with van der Waals surface area (Å²) in [5.74, 6) is 0.965. The van der Waals surface area contributed by atoms with Crippen LogP contribution in [0.1, 0.15) is 30.6 Å². The Balaban J connectivity index is 2.21. The van der Waals surface area contributed by atoms with Gasteiger partial charge in [0, 0.05) is 6.42 Å². The fourth-order valence-electron chi connectivity index (χ4n) is 2.18. The van der Waals surface area contributed by atoms with E-state index in [2.05, 4.69) is 25.1 Å². The predicted octanol–water partition coefficient (Wildman–Crippen LogP) is 3.72. The van der Waals surface area contributed by atoms with E-state index in [-0.39, 0.29) is 6.10 Å². The molecule has 0 radical (unpaired) electrons. The van der Waals surface area contributed by atoms with E-state index >= 15 is 0 Å². The number of ether oxygens (including phenoxy) is 1. The van der Waals surface area contributed by atoms with Crippen molar-refractivity contribution < 1.29 is 4.74 Å². The fraction of sp³-hybridized carbons (Fsp3) is 0.294. The van der Waals surface area contributed by atoms with Gasteiger partial charge in [0.15, 0.2) is 0 Å². The van der Waals surface area contributed by atoms with Crippen molar-refractivity contribution in [2.75, 3.05) is 6.54 Å². The van der Waals surface area contributed by atoms with Crippen molar-refractivity contribution in [1.82, 2.24) is 0 Å². The summed E-state index contributed by atoms with van der Waals surface area (Å²) in [4.78, 5) is 0. The largest absolute Gasteiger partial charge is 0.485 e. The average Bonchev–Trinajstić information content (AvgIpc) is 2.48. The molecule has 0 bridgehead atoms. The van der Waals surface area contributed by atoms with Gasteiger partial charge in [-0.3, -0.25) is 0 Å². The van der Waals surface area contributed by atoms with E-state index in [1.165, 1.54) is 11.1 Å². The summed E-state index contributed by atoms with van der Waals surface area (Å²) < 4.78 is 6.18. The van der Waals surface area contributed by atoms with Gasteiger partial charge in [0.05, 0.1) is 0 Å². The van der Waals surface area contributed by atoms with Crippen LogP contribution in [0.3, 0.4) is 0 Å². The molecular weight excluding hydrogens is 234 g/mol. The quantitative estimate of drug-likeness (QED) is 0.854. The Morgan fingerprint density at radius 3 is 2.37 bits per heavy atom. The summed E-state index contributed by atoms with van der Waals surface area (Å²) in [6.07, 6.45) is 1.82. The van der Waals surface area contributed by atoms with Gasteiger partial charge in [-0.1, -0.05) is 55.5 Å². The number of hydrogen-bond acceptors (Lipinski definition) is 2. The minimum atomic E-state index is 0.0268. The lowest BCUT2D eigenvalue weighted by Crippen LogP contribution is -2.13. The van der Waals surface area contributed by atoms with E-state index in [1.807, 2.05) is 36.4 Å². The molecule has 0 saturated heterocycles. The number of benzene rings is 2. The lowest BCUT2D eigenvalue weighted by molar-refractivity contribution is 0.196. The first-order valence-corrected chi connectivity index (χ1v) is 6.84. The second-order valence-electron chi connectivity index (χ2n) is 4.56. The van der Waals surface area contributed by atoms with Crippen molar-refractivity contribution in [3.05, 3.63) is 65.7 Å². The van der Waals surface area contributed by atoms with E-state index in [0.29, 0.717) is 6.54 Å². The highest BCUT2D eigenvalue weighted by atomic mass is 16.5. The number of aryl methyl sites for hydroxylation is 1. The third kappa shape index (κ3) is 3.58. The first-order valence-electron chi connectivity index (χ1n) is 6.84. The fourth-order valence-corrected chi connectivity index (χ4v) is 2.18. The Bertz CT molecular complexity index is 496. The van der Waals surface area contributed by atoms with Crippen molar-refractivity contribution in [1.29, 1.82) is 0 Å². The molecule has 100 valence electrons. The van der Waals surface area contributed by atoms with Crippen molar-refractivity contribution in [2.24, 2.45) is 5.73 Å². The summed E-state index contributed by atoms with van der Waals surface area (Å²) >= 11 is 0. The van der Waals surface area contributed by atoms with Crippen LogP contribution >= 0.6 is 0 Å². The molecule has 0 aliphatic carbocycles. The van der Waals surface area contributed by atoms with Gasteiger partial charge in [0.25, 0.3) is 0 Å². The van der Waals surface area contributed by atoms with Gasteiger partial charge in [0.2, 0.25) is 0 Å². The Morgan fingerprint density at radius 2 is 1.68 bits per heavy atom. The zero-order chi connectivity index (χ0) is 13.5.